The zero-order valence-corrected chi connectivity index (χ0v) is 16.6. The second kappa shape index (κ2) is 8.48. The molecule has 2 heterocycles. The normalized spacial score (nSPS) is 17.4. The fraction of sp³-hybridized carbons (Fsp3) is 0.278. The SMILES string of the molecule is Cn1ncc(Cl)c1C1=C(C(=O)N[C@H](CN)Cc2ccc(F)c(F)c2)C(=O)OC1Cl. The summed E-state index contributed by atoms with van der Waals surface area (Å²) in [5, 5.41) is 6.76. The van der Waals surface area contributed by atoms with Crippen LogP contribution < -0.4 is 11.1 Å². The van der Waals surface area contributed by atoms with E-state index in [2.05, 4.69) is 10.4 Å². The molecule has 1 unspecified atom stereocenters. The van der Waals surface area contributed by atoms with Crippen LogP contribution in [0.25, 0.3) is 5.57 Å². The number of aryl methyl sites for hydroxylation is 1. The van der Waals surface area contributed by atoms with E-state index in [1.165, 1.54) is 16.9 Å². The molecule has 1 aliphatic rings. The minimum Gasteiger partial charge on any atom is -0.438 e. The molecule has 154 valence electrons. The second-order valence-electron chi connectivity index (χ2n) is 6.33. The van der Waals surface area contributed by atoms with Crippen molar-refractivity contribution in [1.82, 2.24) is 15.1 Å². The number of carbonyl (C=O) groups is 2. The number of nitrogens with two attached hydrogens (primary N) is 1. The van der Waals surface area contributed by atoms with Crippen LogP contribution >= 0.6 is 23.2 Å². The van der Waals surface area contributed by atoms with Crippen LogP contribution in [0.1, 0.15) is 11.3 Å². The van der Waals surface area contributed by atoms with Gasteiger partial charge in [0.2, 0.25) is 5.56 Å². The molecule has 11 heteroatoms. The maximum absolute atomic E-state index is 13.4. The number of rotatable bonds is 6. The fourth-order valence-corrected chi connectivity index (χ4v) is 3.55. The van der Waals surface area contributed by atoms with Crippen LogP contribution in [0.2, 0.25) is 5.02 Å². The standard InChI is InChI=1S/C18H16Cl2F2N4O3/c1-26-15(10(19)7-24-26)13-14(18(28)29-16(13)20)17(27)25-9(6-23)4-8-2-3-11(21)12(22)5-8/h2-3,5,7,9,16H,4,6,23H2,1H3,(H,25,27)/t9-,16?/m0/s1. The Bertz CT molecular complexity index is 989. The van der Waals surface area contributed by atoms with Gasteiger partial charge >= 0.3 is 5.97 Å². The number of hydrogen-bond donors (Lipinski definition) is 2. The van der Waals surface area contributed by atoms with Gasteiger partial charge < -0.3 is 15.8 Å². The Morgan fingerprint density at radius 2 is 2.14 bits per heavy atom. The number of esters is 1. The Kier molecular flexibility index (Phi) is 6.21. The highest BCUT2D eigenvalue weighted by atomic mass is 35.5. The highest BCUT2D eigenvalue weighted by Crippen LogP contribution is 2.37. The third kappa shape index (κ3) is 4.26. The topological polar surface area (TPSA) is 99.2 Å². The minimum atomic E-state index is -1.22. The maximum Gasteiger partial charge on any atom is 0.346 e. The summed E-state index contributed by atoms with van der Waals surface area (Å²) < 4.78 is 32.9. The number of benzene rings is 1. The van der Waals surface area contributed by atoms with Gasteiger partial charge in [-0.2, -0.15) is 5.10 Å². The molecule has 2 atom stereocenters. The summed E-state index contributed by atoms with van der Waals surface area (Å²) in [6, 6.07) is 2.72. The van der Waals surface area contributed by atoms with Gasteiger partial charge in [0.05, 0.1) is 22.5 Å². The van der Waals surface area contributed by atoms with Crippen LogP contribution in [0.4, 0.5) is 8.78 Å². The first kappa shape index (κ1) is 21.2. The minimum absolute atomic E-state index is 0.0147. The third-order valence-electron chi connectivity index (χ3n) is 4.37. The molecule has 29 heavy (non-hydrogen) atoms. The number of nitrogens with one attached hydrogen (secondary N) is 1. The van der Waals surface area contributed by atoms with Gasteiger partial charge in [-0.3, -0.25) is 9.48 Å². The third-order valence-corrected chi connectivity index (χ3v) is 4.96. The van der Waals surface area contributed by atoms with Gasteiger partial charge in [-0.25, -0.2) is 13.6 Å². The summed E-state index contributed by atoms with van der Waals surface area (Å²) in [7, 11) is 1.57. The lowest BCUT2D eigenvalue weighted by molar-refractivity contribution is -0.138. The molecule has 1 aromatic carbocycles. The van der Waals surface area contributed by atoms with Crippen LogP contribution in [-0.4, -0.2) is 39.8 Å². The Hall–Kier alpha value is -2.49. The van der Waals surface area contributed by atoms with Gasteiger partial charge in [-0.1, -0.05) is 29.3 Å². The number of carbonyl (C=O) groups excluding carboxylic acids is 2. The highest BCUT2D eigenvalue weighted by Gasteiger charge is 2.40. The van der Waals surface area contributed by atoms with Crippen LogP contribution in [0.15, 0.2) is 30.0 Å². The summed E-state index contributed by atoms with van der Waals surface area (Å²) in [4.78, 5) is 25.1. The lowest BCUT2D eigenvalue weighted by Gasteiger charge is -2.17. The van der Waals surface area contributed by atoms with E-state index in [-0.39, 0.29) is 34.8 Å². The molecule has 3 rings (SSSR count). The number of cyclic esters (lactones) is 1. The summed E-state index contributed by atoms with van der Waals surface area (Å²) in [5.74, 6) is -3.68. The van der Waals surface area contributed by atoms with Crippen LogP contribution in [-0.2, 0) is 27.8 Å². The fourth-order valence-electron chi connectivity index (χ4n) is 2.99. The van der Waals surface area contributed by atoms with Crippen molar-refractivity contribution in [3.05, 3.63) is 57.9 Å². The first-order chi connectivity index (χ1) is 13.7. The largest absolute Gasteiger partial charge is 0.438 e. The van der Waals surface area contributed by atoms with Gasteiger partial charge in [-0.15, -0.1) is 0 Å². The summed E-state index contributed by atoms with van der Waals surface area (Å²) in [6.07, 6.45) is 1.46. The Morgan fingerprint density at radius 1 is 1.41 bits per heavy atom. The van der Waals surface area contributed by atoms with E-state index < -0.39 is 35.1 Å². The maximum atomic E-state index is 13.4. The molecule has 1 aliphatic heterocycles. The first-order valence-corrected chi connectivity index (χ1v) is 9.26. The molecule has 1 aromatic heterocycles. The average molecular weight is 445 g/mol. The summed E-state index contributed by atoms with van der Waals surface area (Å²) in [6.45, 7) is -0.0147. The summed E-state index contributed by atoms with van der Waals surface area (Å²) >= 11 is 12.2. The van der Waals surface area contributed by atoms with Crippen molar-refractivity contribution in [2.75, 3.05) is 6.54 Å². The molecule has 7 nitrogen and oxygen atoms in total. The van der Waals surface area contributed by atoms with E-state index >= 15 is 0 Å². The van der Waals surface area contributed by atoms with Crippen molar-refractivity contribution >= 4 is 40.7 Å². The van der Waals surface area contributed by atoms with Crippen LogP contribution in [0.5, 0.6) is 0 Å². The molecule has 0 saturated heterocycles. The monoisotopic (exact) mass is 444 g/mol. The lowest BCUT2D eigenvalue weighted by atomic mass is 10.0. The quantitative estimate of drug-likeness (QED) is 0.402. The van der Waals surface area contributed by atoms with Gasteiger partial charge in [0.25, 0.3) is 5.91 Å². The predicted molar refractivity (Wildman–Crippen MR) is 102 cm³/mol. The Morgan fingerprint density at radius 3 is 2.72 bits per heavy atom. The predicted octanol–water partition coefficient (Wildman–Crippen LogP) is 1.91. The number of amides is 1. The van der Waals surface area contributed by atoms with Crippen molar-refractivity contribution in [2.45, 2.75) is 18.0 Å². The molecular weight excluding hydrogens is 429 g/mol. The van der Waals surface area contributed by atoms with E-state index in [1.807, 2.05) is 0 Å². The van der Waals surface area contributed by atoms with E-state index in [0.29, 0.717) is 5.56 Å². The van der Waals surface area contributed by atoms with Crippen molar-refractivity contribution in [1.29, 1.82) is 0 Å². The number of alkyl halides is 1. The second-order valence-corrected chi connectivity index (χ2v) is 7.14. The molecule has 0 radical (unpaired) electrons. The average Bonchev–Trinajstić information content (AvgIpc) is 3.14. The number of hydrogen-bond acceptors (Lipinski definition) is 5. The van der Waals surface area contributed by atoms with E-state index in [0.717, 1.165) is 12.1 Å². The van der Waals surface area contributed by atoms with Gasteiger partial charge in [0.1, 0.15) is 5.57 Å². The van der Waals surface area contributed by atoms with Gasteiger partial charge in [0, 0.05) is 19.6 Å². The van der Waals surface area contributed by atoms with Gasteiger partial charge in [-0.05, 0) is 24.1 Å². The highest BCUT2D eigenvalue weighted by molar-refractivity contribution is 6.37. The van der Waals surface area contributed by atoms with Crippen LogP contribution in [0, 0.1) is 11.6 Å². The number of ether oxygens (including phenoxy) is 1. The van der Waals surface area contributed by atoms with Crippen molar-refractivity contribution in [3.8, 4) is 0 Å². The van der Waals surface area contributed by atoms with Crippen molar-refractivity contribution in [2.24, 2.45) is 12.8 Å². The molecule has 0 aliphatic carbocycles. The zero-order valence-electron chi connectivity index (χ0n) is 15.1. The van der Waals surface area contributed by atoms with Crippen LogP contribution in [0.3, 0.4) is 0 Å². The molecule has 0 fully saturated rings. The molecule has 3 N–H and O–H groups in total. The van der Waals surface area contributed by atoms with E-state index in [4.69, 9.17) is 33.7 Å². The number of aromatic nitrogens is 2. The molecule has 0 spiro atoms. The Balaban J connectivity index is 1.88. The number of nitrogens with zero attached hydrogens (tertiary/aromatic N) is 2. The van der Waals surface area contributed by atoms with Gasteiger partial charge in [0.15, 0.2) is 11.6 Å². The Labute approximate surface area is 174 Å². The molecule has 0 saturated carbocycles. The number of halogens is 4. The van der Waals surface area contributed by atoms with Crippen molar-refractivity contribution < 1.29 is 23.1 Å². The van der Waals surface area contributed by atoms with E-state index in [1.54, 1.807) is 7.05 Å². The summed E-state index contributed by atoms with van der Waals surface area (Å²) in [5.41, 5.74) is 4.94. The van der Waals surface area contributed by atoms with Crippen molar-refractivity contribution in [3.63, 3.8) is 0 Å². The molecule has 2 aromatic rings. The van der Waals surface area contributed by atoms with E-state index in [9.17, 15) is 18.4 Å². The molecule has 0 bridgehead atoms. The smallest absolute Gasteiger partial charge is 0.346 e. The molecular formula is C18H16Cl2F2N4O3. The zero-order chi connectivity index (χ0) is 21.3. The molecule has 1 amide bonds. The first-order valence-electron chi connectivity index (χ1n) is 8.44. The lowest BCUT2D eigenvalue weighted by Crippen LogP contribution is -2.43.